The normalized spacial score (nSPS) is 11.0. The molecule has 0 aliphatic rings. The molecule has 1 aromatic carbocycles. The smallest absolute Gasteiger partial charge is 0.232 e. The minimum absolute atomic E-state index is 0.0328. The first-order valence-electron chi connectivity index (χ1n) is 8.27. The van der Waals surface area contributed by atoms with Crippen molar-refractivity contribution in [2.24, 2.45) is 0 Å². The maximum Gasteiger partial charge on any atom is 0.232 e. The summed E-state index contributed by atoms with van der Waals surface area (Å²) >= 11 is 0. The molecule has 1 heterocycles. The van der Waals surface area contributed by atoms with Crippen LogP contribution in [0.1, 0.15) is 18.9 Å². The summed E-state index contributed by atoms with van der Waals surface area (Å²) in [5, 5.41) is 2.78. The highest BCUT2D eigenvalue weighted by Crippen LogP contribution is 2.29. The molecular weight excluding hydrogens is 354 g/mol. The van der Waals surface area contributed by atoms with E-state index in [0.717, 1.165) is 11.8 Å². The van der Waals surface area contributed by atoms with E-state index in [1.54, 1.807) is 48.8 Å². The summed E-state index contributed by atoms with van der Waals surface area (Å²) in [5.74, 6) is 0.238. The topological polar surface area (TPSA) is 88.6 Å². The lowest BCUT2D eigenvalue weighted by atomic mass is 10.2. The van der Waals surface area contributed by atoms with Crippen LogP contribution in [0.4, 0.5) is 5.69 Å². The molecule has 0 atom stereocenters. The fourth-order valence-electron chi connectivity index (χ4n) is 2.40. The van der Waals surface area contributed by atoms with E-state index in [2.05, 4.69) is 10.3 Å². The number of amides is 1. The first-order valence-corrected chi connectivity index (χ1v) is 10.1. The molecule has 0 bridgehead atoms. The SMILES string of the molecule is CCOc1ccccc1N(CCC(=O)NCc1ccncc1)S(C)(=O)=O. The van der Waals surface area contributed by atoms with Gasteiger partial charge in [0.15, 0.2) is 0 Å². The molecule has 0 radical (unpaired) electrons. The van der Waals surface area contributed by atoms with Gasteiger partial charge < -0.3 is 10.1 Å². The number of carbonyl (C=O) groups excluding carboxylic acids is 1. The maximum absolute atomic E-state index is 12.2. The Morgan fingerprint density at radius 3 is 2.54 bits per heavy atom. The highest BCUT2D eigenvalue weighted by Gasteiger charge is 2.21. The number of pyridine rings is 1. The Morgan fingerprint density at radius 1 is 1.19 bits per heavy atom. The van der Waals surface area contributed by atoms with Gasteiger partial charge in [-0.3, -0.25) is 14.1 Å². The van der Waals surface area contributed by atoms with E-state index in [-0.39, 0.29) is 18.9 Å². The number of hydrogen-bond donors (Lipinski definition) is 1. The number of nitrogens with zero attached hydrogens (tertiary/aromatic N) is 2. The Bertz CT molecular complexity index is 825. The van der Waals surface area contributed by atoms with Crippen LogP contribution in [-0.2, 0) is 21.4 Å². The third kappa shape index (κ3) is 5.73. The Morgan fingerprint density at radius 2 is 1.88 bits per heavy atom. The second kappa shape index (κ2) is 9.19. The first-order chi connectivity index (χ1) is 12.4. The van der Waals surface area contributed by atoms with Crippen molar-refractivity contribution in [3.05, 3.63) is 54.4 Å². The van der Waals surface area contributed by atoms with E-state index >= 15 is 0 Å². The lowest BCUT2D eigenvalue weighted by Gasteiger charge is -2.24. The Hall–Kier alpha value is -2.61. The summed E-state index contributed by atoms with van der Waals surface area (Å²) in [6.07, 6.45) is 4.46. The van der Waals surface area contributed by atoms with Crippen molar-refractivity contribution in [1.82, 2.24) is 10.3 Å². The van der Waals surface area contributed by atoms with Crippen molar-refractivity contribution in [2.75, 3.05) is 23.7 Å². The number of rotatable bonds is 9. The van der Waals surface area contributed by atoms with E-state index in [4.69, 9.17) is 4.74 Å². The molecule has 2 rings (SSSR count). The van der Waals surface area contributed by atoms with Gasteiger partial charge in [-0.15, -0.1) is 0 Å². The summed E-state index contributed by atoms with van der Waals surface area (Å²) in [7, 11) is -3.56. The number of nitrogens with one attached hydrogen (secondary N) is 1. The van der Waals surface area contributed by atoms with Crippen LogP contribution in [-0.4, -0.2) is 38.7 Å². The van der Waals surface area contributed by atoms with E-state index in [1.165, 1.54) is 4.31 Å². The predicted octanol–water partition coefficient (Wildman–Crippen LogP) is 1.95. The van der Waals surface area contributed by atoms with E-state index < -0.39 is 10.0 Å². The van der Waals surface area contributed by atoms with Gasteiger partial charge in [0.2, 0.25) is 15.9 Å². The molecule has 0 aliphatic heterocycles. The standard InChI is InChI=1S/C18H23N3O4S/c1-3-25-17-7-5-4-6-16(17)21(26(2,23)24)13-10-18(22)20-14-15-8-11-19-12-9-15/h4-9,11-12H,3,10,13-14H2,1-2H3,(H,20,22). The zero-order chi connectivity index (χ0) is 19.0. The minimum atomic E-state index is -3.56. The summed E-state index contributed by atoms with van der Waals surface area (Å²) < 4.78 is 31.1. The number of anilines is 1. The molecular formula is C18H23N3O4S. The second-order valence-corrected chi connectivity index (χ2v) is 7.52. The van der Waals surface area contributed by atoms with Crippen LogP contribution in [0, 0.1) is 0 Å². The number of para-hydroxylation sites is 2. The number of hydrogen-bond acceptors (Lipinski definition) is 5. The monoisotopic (exact) mass is 377 g/mol. The molecule has 26 heavy (non-hydrogen) atoms. The second-order valence-electron chi connectivity index (χ2n) is 5.62. The quantitative estimate of drug-likeness (QED) is 0.722. The number of carbonyl (C=O) groups is 1. The summed E-state index contributed by atoms with van der Waals surface area (Å²) in [4.78, 5) is 16.0. The van der Waals surface area contributed by atoms with E-state index in [1.807, 2.05) is 6.92 Å². The molecule has 0 spiro atoms. The average molecular weight is 377 g/mol. The molecule has 7 nitrogen and oxygen atoms in total. The van der Waals surface area contributed by atoms with E-state index in [0.29, 0.717) is 24.6 Å². The van der Waals surface area contributed by atoms with Crippen LogP contribution in [0.15, 0.2) is 48.8 Å². The molecule has 140 valence electrons. The third-order valence-corrected chi connectivity index (χ3v) is 4.80. The molecule has 0 saturated carbocycles. The highest BCUT2D eigenvalue weighted by atomic mass is 32.2. The number of ether oxygens (including phenoxy) is 1. The van der Waals surface area contributed by atoms with Crippen LogP contribution < -0.4 is 14.4 Å². The van der Waals surface area contributed by atoms with Gasteiger partial charge in [0.1, 0.15) is 5.75 Å². The third-order valence-electron chi connectivity index (χ3n) is 3.62. The van der Waals surface area contributed by atoms with Crippen LogP contribution in [0.2, 0.25) is 0 Å². The molecule has 0 aliphatic carbocycles. The van der Waals surface area contributed by atoms with Gasteiger partial charge in [0, 0.05) is 31.9 Å². The van der Waals surface area contributed by atoms with Crippen molar-refractivity contribution in [3.8, 4) is 5.75 Å². The Labute approximate surface area is 154 Å². The van der Waals surface area contributed by atoms with Gasteiger partial charge >= 0.3 is 0 Å². The molecule has 1 amide bonds. The van der Waals surface area contributed by atoms with Crippen LogP contribution >= 0.6 is 0 Å². The van der Waals surface area contributed by atoms with Crippen molar-refractivity contribution in [2.45, 2.75) is 19.9 Å². The summed E-state index contributed by atoms with van der Waals surface area (Å²) in [6.45, 7) is 2.65. The van der Waals surface area contributed by atoms with Crippen molar-refractivity contribution >= 4 is 21.6 Å². The first kappa shape index (κ1) is 19.7. The predicted molar refractivity (Wildman–Crippen MR) is 101 cm³/mol. The highest BCUT2D eigenvalue weighted by molar-refractivity contribution is 7.92. The molecule has 8 heteroatoms. The van der Waals surface area contributed by atoms with Crippen molar-refractivity contribution in [1.29, 1.82) is 0 Å². The van der Waals surface area contributed by atoms with Crippen LogP contribution in [0.5, 0.6) is 5.75 Å². The molecule has 0 unspecified atom stereocenters. The Balaban J connectivity index is 2.04. The molecule has 1 aromatic heterocycles. The molecule has 1 N–H and O–H groups in total. The number of sulfonamides is 1. The zero-order valence-electron chi connectivity index (χ0n) is 14.9. The van der Waals surface area contributed by atoms with Gasteiger partial charge in [0.25, 0.3) is 0 Å². The lowest BCUT2D eigenvalue weighted by Crippen LogP contribution is -2.34. The fraction of sp³-hybridized carbons (Fsp3) is 0.333. The fourth-order valence-corrected chi connectivity index (χ4v) is 3.33. The molecule has 0 fully saturated rings. The average Bonchev–Trinajstić information content (AvgIpc) is 2.61. The zero-order valence-corrected chi connectivity index (χ0v) is 15.7. The van der Waals surface area contributed by atoms with Crippen LogP contribution in [0.3, 0.4) is 0 Å². The summed E-state index contributed by atoms with van der Waals surface area (Å²) in [5.41, 5.74) is 1.36. The molecule has 0 saturated heterocycles. The van der Waals surface area contributed by atoms with Gasteiger partial charge in [0.05, 0.1) is 18.6 Å². The maximum atomic E-state index is 12.2. The lowest BCUT2D eigenvalue weighted by molar-refractivity contribution is -0.121. The van der Waals surface area contributed by atoms with Crippen molar-refractivity contribution < 1.29 is 17.9 Å². The van der Waals surface area contributed by atoms with Crippen molar-refractivity contribution in [3.63, 3.8) is 0 Å². The van der Waals surface area contributed by atoms with Gasteiger partial charge in [-0.1, -0.05) is 12.1 Å². The summed E-state index contributed by atoms with van der Waals surface area (Å²) in [6, 6.07) is 10.5. The molecule has 2 aromatic rings. The van der Waals surface area contributed by atoms with E-state index in [9.17, 15) is 13.2 Å². The number of aromatic nitrogens is 1. The van der Waals surface area contributed by atoms with Crippen LogP contribution in [0.25, 0.3) is 0 Å². The number of benzene rings is 1. The minimum Gasteiger partial charge on any atom is -0.492 e. The Kier molecular flexibility index (Phi) is 6.97. The largest absolute Gasteiger partial charge is 0.492 e. The van der Waals surface area contributed by atoms with Gasteiger partial charge in [-0.25, -0.2) is 8.42 Å². The van der Waals surface area contributed by atoms with Gasteiger partial charge in [-0.2, -0.15) is 0 Å². The van der Waals surface area contributed by atoms with Gasteiger partial charge in [-0.05, 0) is 36.8 Å².